The molecule has 0 bridgehead atoms. The number of hydrogen-bond acceptors (Lipinski definition) is 9. The number of thiol groups is 1. The third kappa shape index (κ3) is 15.0. The fraction of sp³-hybridized carbons (Fsp3) is 0.481. The molecule has 5 amide bonds. The Morgan fingerprint density at radius 2 is 1.29 bits per heavy atom. The molecule has 266 valence electrons. The van der Waals surface area contributed by atoms with Gasteiger partial charge in [-0.05, 0) is 25.3 Å². The number of carbonyl (C=O) groups excluding carboxylic acids is 5. The van der Waals surface area contributed by atoms with Gasteiger partial charge in [-0.25, -0.2) is 4.79 Å². The molecule has 5 atom stereocenters. The summed E-state index contributed by atoms with van der Waals surface area (Å²) in [6, 6.07) is 2.31. The van der Waals surface area contributed by atoms with Crippen molar-refractivity contribution >= 4 is 60.1 Å². The van der Waals surface area contributed by atoms with Crippen molar-refractivity contribution in [3.8, 4) is 0 Å². The summed E-state index contributed by atoms with van der Waals surface area (Å²) in [7, 11) is 0. The van der Waals surface area contributed by atoms with E-state index in [1.54, 1.807) is 30.3 Å². The Morgan fingerprint density at radius 1 is 0.812 bits per heavy atom. The van der Waals surface area contributed by atoms with Crippen LogP contribution in [0.1, 0.15) is 31.7 Å². The number of benzene rings is 1. The lowest BCUT2D eigenvalue weighted by Crippen LogP contribution is -2.58. The molecule has 1 aliphatic rings. The first kappa shape index (κ1) is 40.9. The second-order valence-electron chi connectivity index (χ2n) is 10.2. The largest absolute Gasteiger partial charge is 0.490 e. The van der Waals surface area contributed by atoms with Crippen LogP contribution in [0.4, 0.5) is 13.2 Å². The molecular weight excluding hydrogens is 669 g/mol. The summed E-state index contributed by atoms with van der Waals surface area (Å²) >= 11 is 4.17. The van der Waals surface area contributed by atoms with Crippen LogP contribution in [-0.4, -0.2) is 106 Å². The predicted octanol–water partition coefficient (Wildman–Crippen LogP) is -2.22. The van der Waals surface area contributed by atoms with Crippen molar-refractivity contribution in [3.63, 3.8) is 0 Å². The van der Waals surface area contributed by atoms with Gasteiger partial charge in [0.1, 0.15) is 30.2 Å². The average Bonchev–Trinajstić information content (AvgIpc) is 2.99. The molecule has 1 heterocycles. The lowest BCUT2D eigenvalue weighted by atomic mass is 10.0. The number of halogens is 3. The first-order valence-electron chi connectivity index (χ1n) is 14.1. The minimum absolute atomic E-state index is 0.00305. The fourth-order valence-corrected chi connectivity index (χ4v) is 4.16. The fourth-order valence-electron chi connectivity index (χ4n) is 3.90. The van der Waals surface area contributed by atoms with Crippen LogP contribution in [0.15, 0.2) is 35.3 Å². The van der Waals surface area contributed by atoms with Crippen molar-refractivity contribution in [2.45, 2.75) is 69.0 Å². The van der Waals surface area contributed by atoms with Gasteiger partial charge in [0, 0.05) is 18.7 Å². The molecule has 0 spiro atoms. The third-order valence-electron chi connectivity index (χ3n) is 6.32. The van der Waals surface area contributed by atoms with Gasteiger partial charge in [-0.2, -0.15) is 25.8 Å². The molecule has 0 radical (unpaired) electrons. The summed E-state index contributed by atoms with van der Waals surface area (Å²) in [5.74, 6) is -8.43. The van der Waals surface area contributed by atoms with E-state index in [1.807, 2.05) is 0 Å². The molecule has 1 fully saturated rings. The van der Waals surface area contributed by atoms with E-state index in [-0.39, 0.29) is 37.5 Å². The SMILES string of the molecule is CC1NC(=O)C(CCCN=C(N)N)NC(=O)C(CS)NC(=O)C(Cc2ccccc2)NC(=O)C(CC(=O)O)NC1=O.O=C(O)C(F)(F)F. The molecule has 1 aromatic carbocycles. The van der Waals surface area contributed by atoms with Gasteiger partial charge >= 0.3 is 18.1 Å². The number of aliphatic carboxylic acids is 2. The van der Waals surface area contributed by atoms with Crippen LogP contribution in [0.3, 0.4) is 0 Å². The molecule has 0 saturated carbocycles. The molecule has 1 aromatic rings. The normalized spacial score (nSPS) is 22.4. The van der Waals surface area contributed by atoms with Crippen LogP contribution in [0, 0.1) is 0 Å². The molecular formula is C27H37F3N8O9S. The maximum atomic E-state index is 13.3. The summed E-state index contributed by atoms with van der Waals surface area (Å²) < 4.78 is 31.7. The first-order valence-corrected chi connectivity index (χ1v) is 14.7. The number of guanidine groups is 1. The maximum absolute atomic E-state index is 13.3. The number of carbonyl (C=O) groups is 7. The van der Waals surface area contributed by atoms with Crippen molar-refractivity contribution in [1.82, 2.24) is 26.6 Å². The highest BCUT2D eigenvalue weighted by atomic mass is 32.1. The number of nitrogens with one attached hydrogen (secondary N) is 5. The standard InChI is InChI=1S/C25H36N8O7S.C2HF3O2/c1-13-20(36)31-17(11-19(34)35)23(39)32-16(10-14-6-3-2-4-7-14)22(38)33-18(12-41)24(40)30-15(21(37)29-13)8-5-9-28-25(26)27;3-2(4,5)1(6)7/h2-4,6-7,13,15-18,41H,5,8-12H2,1H3,(H,29,37)(H,30,40)(H,31,36)(H,32,39)(H,33,38)(H,34,35)(H4,26,27,28);(H,6,7). The molecule has 17 nitrogen and oxygen atoms in total. The van der Waals surface area contributed by atoms with Crippen LogP contribution < -0.4 is 38.1 Å². The summed E-state index contributed by atoms with van der Waals surface area (Å²) in [4.78, 5) is 89.7. The van der Waals surface area contributed by atoms with Crippen molar-refractivity contribution < 1.29 is 56.9 Å². The highest BCUT2D eigenvalue weighted by Gasteiger charge is 2.38. The number of rotatable bonds is 9. The van der Waals surface area contributed by atoms with Gasteiger partial charge in [-0.15, -0.1) is 0 Å². The highest BCUT2D eigenvalue weighted by Crippen LogP contribution is 2.13. The minimum Gasteiger partial charge on any atom is -0.481 e. The molecule has 11 N–H and O–H groups in total. The minimum atomic E-state index is -5.08. The highest BCUT2D eigenvalue weighted by molar-refractivity contribution is 7.80. The second-order valence-corrected chi connectivity index (χ2v) is 10.6. The zero-order valence-corrected chi connectivity index (χ0v) is 26.3. The Bertz CT molecular complexity index is 1350. The predicted molar refractivity (Wildman–Crippen MR) is 165 cm³/mol. The van der Waals surface area contributed by atoms with Crippen molar-refractivity contribution in [1.29, 1.82) is 0 Å². The van der Waals surface area contributed by atoms with E-state index in [9.17, 15) is 47.0 Å². The van der Waals surface area contributed by atoms with Crippen molar-refractivity contribution in [2.24, 2.45) is 16.5 Å². The molecule has 48 heavy (non-hydrogen) atoms. The molecule has 1 saturated heterocycles. The summed E-state index contributed by atoms with van der Waals surface area (Å²) in [5.41, 5.74) is 11.3. The Balaban J connectivity index is 0.00000148. The molecule has 1 aliphatic heterocycles. The van der Waals surface area contributed by atoms with Gasteiger partial charge < -0.3 is 48.3 Å². The van der Waals surface area contributed by atoms with Crippen LogP contribution in [0.25, 0.3) is 0 Å². The van der Waals surface area contributed by atoms with Crippen LogP contribution in [-0.2, 0) is 40.0 Å². The number of amides is 5. The topological polar surface area (TPSA) is 284 Å². The van der Waals surface area contributed by atoms with Gasteiger partial charge in [-0.1, -0.05) is 30.3 Å². The average molecular weight is 707 g/mol. The van der Waals surface area contributed by atoms with E-state index in [4.69, 9.17) is 21.4 Å². The molecule has 21 heteroatoms. The zero-order chi connectivity index (χ0) is 36.6. The van der Waals surface area contributed by atoms with Gasteiger partial charge in [0.05, 0.1) is 6.42 Å². The van der Waals surface area contributed by atoms with Gasteiger partial charge in [0.2, 0.25) is 29.5 Å². The monoisotopic (exact) mass is 706 g/mol. The zero-order valence-electron chi connectivity index (χ0n) is 25.5. The van der Waals surface area contributed by atoms with Gasteiger partial charge in [0.25, 0.3) is 0 Å². The second kappa shape index (κ2) is 19.6. The number of nitrogens with zero attached hydrogens (tertiary/aromatic N) is 1. The van der Waals surface area contributed by atoms with Crippen LogP contribution in [0.5, 0.6) is 0 Å². The molecule has 2 rings (SSSR count). The number of aliphatic imine (C=N–C) groups is 1. The van der Waals surface area contributed by atoms with Crippen LogP contribution >= 0.6 is 12.6 Å². The molecule has 0 aliphatic carbocycles. The molecule has 0 aromatic heterocycles. The van der Waals surface area contributed by atoms with Crippen molar-refractivity contribution in [2.75, 3.05) is 12.3 Å². The van der Waals surface area contributed by atoms with E-state index >= 15 is 0 Å². The number of carboxylic acids is 2. The van der Waals surface area contributed by atoms with E-state index in [1.165, 1.54) is 6.92 Å². The van der Waals surface area contributed by atoms with Gasteiger partial charge in [-0.3, -0.25) is 33.8 Å². The molecule has 5 unspecified atom stereocenters. The Labute approximate surface area is 277 Å². The third-order valence-corrected chi connectivity index (χ3v) is 6.68. The summed E-state index contributed by atoms with van der Waals surface area (Å²) in [6.45, 7) is 1.50. The number of carboxylic acid groups (broad SMARTS) is 2. The van der Waals surface area contributed by atoms with Gasteiger partial charge in [0.15, 0.2) is 5.96 Å². The summed E-state index contributed by atoms with van der Waals surface area (Å²) in [5, 5.41) is 28.8. The summed E-state index contributed by atoms with van der Waals surface area (Å²) in [6.07, 6.45) is -5.51. The van der Waals surface area contributed by atoms with Crippen LogP contribution in [0.2, 0.25) is 0 Å². The number of hydrogen-bond donors (Lipinski definition) is 10. The lowest BCUT2D eigenvalue weighted by Gasteiger charge is -2.25. The Kier molecular flexibility index (Phi) is 16.7. The van der Waals surface area contributed by atoms with E-state index in [2.05, 4.69) is 44.2 Å². The van der Waals surface area contributed by atoms with E-state index < -0.39 is 84.3 Å². The lowest BCUT2D eigenvalue weighted by molar-refractivity contribution is -0.192. The van der Waals surface area contributed by atoms with E-state index in [0.717, 1.165) is 0 Å². The quantitative estimate of drug-likeness (QED) is 0.0568. The Morgan fingerprint density at radius 3 is 1.81 bits per heavy atom. The first-order chi connectivity index (χ1) is 22.3. The Hall–Kier alpha value is -5.08. The van der Waals surface area contributed by atoms with E-state index in [0.29, 0.717) is 5.56 Å². The number of alkyl halides is 3. The van der Waals surface area contributed by atoms with Crippen molar-refractivity contribution in [3.05, 3.63) is 35.9 Å². The number of nitrogens with two attached hydrogens (primary N) is 2. The maximum Gasteiger partial charge on any atom is 0.490 e. The smallest absolute Gasteiger partial charge is 0.481 e.